The predicted molar refractivity (Wildman–Crippen MR) is 77.5 cm³/mol. The van der Waals surface area contributed by atoms with Crippen LogP contribution in [-0.4, -0.2) is 38.9 Å². The number of piperidine rings is 1. The topological polar surface area (TPSA) is 49.4 Å². The van der Waals surface area contributed by atoms with Crippen LogP contribution < -0.4 is 5.32 Å². The van der Waals surface area contributed by atoms with Crippen molar-refractivity contribution in [1.29, 1.82) is 0 Å². The predicted octanol–water partition coefficient (Wildman–Crippen LogP) is 1.51. The molecule has 1 aromatic rings. The fourth-order valence-electron chi connectivity index (χ4n) is 2.53. The Morgan fingerprint density at radius 1 is 1.32 bits per heavy atom. The van der Waals surface area contributed by atoms with Gasteiger partial charge in [-0.1, -0.05) is 29.8 Å². The summed E-state index contributed by atoms with van der Waals surface area (Å²) >= 11 is 0. The second-order valence-electron chi connectivity index (χ2n) is 5.21. The fraction of sp³-hybridized carbons (Fsp3) is 0.571. The van der Waals surface area contributed by atoms with Crippen LogP contribution in [0.2, 0.25) is 0 Å². The van der Waals surface area contributed by atoms with Crippen LogP contribution in [0, 0.1) is 6.92 Å². The number of hydrogen-bond donors (Lipinski definition) is 1. The number of rotatable bonds is 4. The minimum Gasteiger partial charge on any atom is -0.317 e. The normalized spacial score (nSPS) is 18.6. The van der Waals surface area contributed by atoms with Crippen LogP contribution in [0.25, 0.3) is 0 Å². The molecule has 1 fully saturated rings. The number of aryl methyl sites for hydroxylation is 1. The van der Waals surface area contributed by atoms with Gasteiger partial charge in [0.2, 0.25) is 10.0 Å². The first-order valence-corrected chi connectivity index (χ1v) is 8.33. The molecule has 4 nitrogen and oxygen atoms in total. The van der Waals surface area contributed by atoms with Crippen molar-refractivity contribution >= 4 is 10.0 Å². The van der Waals surface area contributed by atoms with E-state index in [2.05, 4.69) is 5.32 Å². The number of sulfonamides is 1. The molecule has 0 spiro atoms. The zero-order chi connectivity index (χ0) is 13.9. The van der Waals surface area contributed by atoms with Gasteiger partial charge in [-0.15, -0.1) is 0 Å². The quantitative estimate of drug-likeness (QED) is 0.910. The number of nitrogens with one attached hydrogen (secondary N) is 1. The third kappa shape index (κ3) is 3.78. The van der Waals surface area contributed by atoms with Gasteiger partial charge in [0, 0.05) is 19.1 Å². The van der Waals surface area contributed by atoms with Crippen molar-refractivity contribution in [2.45, 2.75) is 31.6 Å². The summed E-state index contributed by atoms with van der Waals surface area (Å²) in [4.78, 5) is 0. The fourth-order valence-corrected chi connectivity index (χ4v) is 4.08. The van der Waals surface area contributed by atoms with Crippen molar-refractivity contribution in [3.8, 4) is 0 Å². The zero-order valence-corrected chi connectivity index (χ0v) is 12.4. The zero-order valence-electron chi connectivity index (χ0n) is 11.6. The Bertz CT molecular complexity index is 520. The standard InChI is InChI=1S/C14H22N2O2S/c1-12-4-3-5-13(10-12)11-19(17,18)16-8-6-14(15-2)7-9-16/h3-5,10,14-15H,6-9,11H2,1-2H3. The highest BCUT2D eigenvalue weighted by atomic mass is 32.2. The molecule has 0 unspecified atom stereocenters. The molecule has 1 heterocycles. The molecule has 5 heteroatoms. The van der Waals surface area contributed by atoms with Crippen molar-refractivity contribution < 1.29 is 8.42 Å². The van der Waals surface area contributed by atoms with Crippen molar-refractivity contribution in [2.75, 3.05) is 20.1 Å². The van der Waals surface area contributed by atoms with Gasteiger partial charge in [0.15, 0.2) is 0 Å². The van der Waals surface area contributed by atoms with Crippen LogP contribution in [0.15, 0.2) is 24.3 Å². The molecule has 1 aliphatic heterocycles. The first-order chi connectivity index (χ1) is 9.01. The van der Waals surface area contributed by atoms with Crippen LogP contribution in [-0.2, 0) is 15.8 Å². The maximum atomic E-state index is 12.4. The molecular formula is C14H22N2O2S. The maximum absolute atomic E-state index is 12.4. The van der Waals surface area contributed by atoms with Gasteiger partial charge in [0.1, 0.15) is 0 Å². The Morgan fingerprint density at radius 3 is 2.58 bits per heavy atom. The molecule has 0 atom stereocenters. The highest BCUT2D eigenvalue weighted by molar-refractivity contribution is 7.88. The summed E-state index contributed by atoms with van der Waals surface area (Å²) in [6.45, 7) is 3.23. The summed E-state index contributed by atoms with van der Waals surface area (Å²) in [6, 6.07) is 8.16. The molecule has 0 aromatic heterocycles. The molecule has 0 saturated carbocycles. The molecule has 0 bridgehead atoms. The van der Waals surface area contributed by atoms with E-state index in [0.29, 0.717) is 19.1 Å². The van der Waals surface area contributed by atoms with Crippen molar-refractivity contribution in [1.82, 2.24) is 9.62 Å². The van der Waals surface area contributed by atoms with Crippen LogP contribution in [0.4, 0.5) is 0 Å². The smallest absolute Gasteiger partial charge is 0.218 e. The van der Waals surface area contributed by atoms with Crippen molar-refractivity contribution in [3.05, 3.63) is 35.4 Å². The first kappa shape index (κ1) is 14.5. The summed E-state index contributed by atoms with van der Waals surface area (Å²) in [5, 5.41) is 3.21. The Kier molecular flexibility index (Phi) is 4.60. The summed E-state index contributed by atoms with van der Waals surface area (Å²) < 4.78 is 26.4. The summed E-state index contributed by atoms with van der Waals surface area (Å²) in [7, 11) is -1.25. The largest absolute Gasteiger partial charge is 0.317 e. The van der Waals surface area contributed by atoms with E-state index in [9.17, 15) is 8.42 Å². The minimum atomic E-state index is -3.18. The monoisotopic (exact) mass is 282 g/mol. The average Bonchev–Trinajstić information content (AvgIpc) is 2.38. The van der Waals surface area contributed by atoms with Gasteiger partial charge >= 0.3 is 0 Å². The van der Waals surface area contributed by atoms with E-state index in [4.69, 9.17) is 0 Å². The SMILES string of the molecule is CNC1CCN(S(=O)(=O)Cc2cccc(C)c2)CC1. The lowest BCUT2D eigenvalue weighted by molar-refractivity contribution is 0.298. The lowest BCUT2D eigenvalue weighted by atomic mass is 10.1. The van der Waals surface area contributed by atoms with E-state index in [1.165, 1.54) is 0 Å². The van der Waals surface area contributed by atoms with Gasteiger partial charge in [-0.2, -0.15) is 0 Å². The van der Waals surface area contributed by atoms with E-state index in [-0.39, 0.29) is 5.75 Å². The molecule has 1 aliphatic rings. The summed E-state index contributed by atoms with van der Waals surface area (Å²) in [6.07, 6.45) is 1.78. The molecule has 1 saturated heterocycles. The van der Waals surface area contributed by atoms with Gasteiger partial charge in [-0.05, 0) is 32.4 Å². The molecular weight excluding hydrogens is 260 g/mol. The Labute approximate surface area is 115 Å². The van der Waals surface area contributed by atoms with Gasteiger partial charge < -0.3 is 5.32 Å². The lowest BCUT2D eigenvalue weighted by Gasteiger charge is -2.31. The van der Waals surface area contributed by atoms with Gasteiger partial charge in [-0.25, -0.2) is 12.7 Å². The van der Waals surface area contributed by atoms with E-state index in [0.717, 1.165) is 24.0 Å². The highest BCUT2D eigenvalue weighted by Crippen LogP contribution is 2.18. The number of hydrogen-bond acceptors (Lipinski definition) is 3. The Balaban J connectivity index is 2.03. The van der Waals surface area contributed by atoms with Gasteiger partial charge in [-0.3, -0.25) is 0 Å². The van der Waals surface area contributed by atoms with Crippen LogP contribution >= 0.6 is 0 Å². The summed E-state index contributed by atoms with van der Waals surface area (Å²) in [5.74, 6) is 0.110. The van der Waals surface area contributed by atoms with E-state index >= 15 is 0 Å². The number of nitrogens with zero attached hydrogens (tertiary/aromatic N) is 1. The van der Waals surface area contributed by atoms with Crippen LogP contribution in [0.5, 0.6) is 0 Å². The second kappa shape index (κ2) is 6.03. The van der Waals surface area contributed by atoms with E-state index < -0.39 is 10.0 Å². The molecule has 0 aliphatic carbocycles. The number of benzene rings is 1. The average molecular weight is 282 g/mol. The van der Waals surface area contributed by atoms with E-state index in [1.54, 1.807) is 4.31 Å². The van der Waals surface area contributed by atoms with Crippen LogP contribution in [0.1, 0.15) is 24.0 Å². The van der Waals surface area contributed by atoms with Crippen molar-refractivity contribution in [3.63, 3.8) is 0 Å². The molecule has 1 N–H and O–H groups in total. The molecule has 0 amide bonds. The minimum absolute atomic E-state index is 0.110. The first-order valence-electron chi connectivity index (χ1n) is 6.72. The van der Waals surface area contributed by atoms with Gasteiger partial charge in [0.25, 0.3) is 0 Å². The Hall–Kier alpha value is -0.910. The second-order valence-corrected chi connectivity index (χ2v) is 7.18. The molecule has 19 heavy (non-hydrogen) atoms. The van der Waals surface area contributed by atoms with Gasteiger partial charge in [0.05, 0.1) is 5.75 Å². The highest BCUT2D eigenvalue weighted by Gasteiger charge is 2.27. The third-order valence-electron chi connectivity index (χ3n) is 3.69. The molecule has 106 valence electrons. The van der Waals surface area contributed by atoms with Crippen molar-refractivity contribution in [2.24, 2.45) is 0 Å². The Morgan fingerprint density at radius 2 is 2.00 bits per heavy atom. The molecule has 1 aromatic carbocycles. The van der Waals surface area contributed by atoms with Crippen LogP contribution in [0.3, 0.4) is 0 Å². The molecule has 0 radical (unpaired) electrons. The summed E-state index contributed by atoms with van der Waals surface area (Å²) in [5.41, 5.74) is 1.97. The van der Waals surface area contributed by atoms with E-state index in [1.807, 2.05) is 38.2 Å². The third-order valence-corrected chi connectivity index (χ3v) is 5.54. The lowest BCUT2D eigenvalue weighted by Crippen LogP contribution is -2.44. The maximum Gasteiger partial charge on any atom is 0.218 e. The molecule has 2 rings (SSSR count).